The van der Waals surface area contributed by atoms with Crippen LogP contribution in [0.3, 0.4) is 0 Å². The van der Waals surface area contributed by atoms with Crippen molar-refractivity contribution in [1.82, 2.24) is 3.97 Å². The predicted octanol–water partition coefficient (Wildman–Crippen LogP) is 6.37. The maximum absolute atomic E-state index is 14.5. The molecule has 3 aromatic carbocycles. The van der Waals surface area contributed by atoms with Gasteiger partial charge in [-0.05, 0) is 60.0 Å². The summed E-state index contributed by atoms with van der Waals surface area (Å²) in [7, 11) is -4.25. The van der Waals surface area contributed by atoms with Crippen LogP contribution in [0.1, 0.15) is 17.5 Å². The molecule has 5 nitrogen and oxygen atoms in total. The largest absolute Gasteiger partial charge is 0.481 e. The van der Waals surface area contributed by atoms with Crippen LogP contribution in [-0.4, -0.2) is 23.5 Å². The summed E-state index contributed by atoms with van der Waals surface area (Å²) in [4.78, 5) is 10.8. The lowest BCUT2D eigenvalue weighted by atomic mass is 10.0. The summed E-state index contributed by atoms with van der Waals surface area (Å²) in [5.74, 6) is -2.20. The summed E-state index contributed by atoms with van der Waals surface area (Å²) in [6.45, 7) is 0. The molecule has 4 aromatic rings. The quantitative estimate of drug-likeness (QED) is 0.297. The molecule has 1 aromatic heterocycles. The van der Waals surface area contributed by atoms with E-state index in [1.54, 1.807) is 0 Å². The van der Waals surface area contributed by atoms with Crippen LogP contribution in [0.25, 0.3) is 22.0 Å². The SMILES string of the molecule is O=C(O)CCc1cn(S(=O)(=O)c2cccc(-c3ccc(C(F)(F)F)cc3F)c2)c2ccc(Cl)cc12. The van der Waals surface area contributed by atoms with Crippen molar-refractivity contribution < 1.29 is 35.9 Å². The molecule has 0 saturated heterocycles. The van der Waals surface area contributed by atoms with Gasteiger partial charge in [-0.3, -0.25) is 4.79 Å². The Morgan fingerprint density at radius 2 is 1.77 bits per heavy atom. The Kier molecular flexibility index (Phi) is 6.37. The molecule has 0 atom stereocenters. The van der Waals surface area contributed by atoms with Gasteiger partial charge in [0.2, 0.25) is 0 Å². The van der Waals surface area contributed by atoms with Crippen LogP contribution in [0.5, 0.6) is 0 Å². The minimum absolute atomic E-state index is 0.0610. The van der Waals surface area contributed by atoms with Crippen molar-refractivity contribution in [2.75, 3.05) is 0 Å². The predicted molar refractivity (Wildman–Crippen MR) is 122 cm³/mol. The number of fused-ring (bicyclic) bond motifs is 1. The van der Waals surface area contributed by atoms with Crippen molar-refractivity contribution in [2.24, 2.45) is 0 Å². The lowest BCUT2D eigenvalue weighted by molar-refractivity contribution is -0.138. The molecule has 35 heavy (non-hydrogen) atoms. The maximum atomic E-state index is 14.5. The van der Waals surface area contributed by atoms with E-state index >= 15 is 0 Å². The number of carboxylic acids is 1. The zero-order valence-corrected chi connectivity index (χ0v) is 19.3. The highest BCUT2D eigenvalue weighted by atomic mass is 35.5. The monoisotopic (exact) mass is 525 g/mol. The summed E-state index contributed by atoms with van der Waals surface area (Å²) < 4.78 is 81.1. The maximum Gasteiger partial charge on any atom is 0.416 e. The van der Waals surface area contributed by atoms with Crippen LogP contribution in [0.15, 0.2) is 71.8 Å². The number of hydrogen-bond acceptors (Lipinski definition) is 3. The van der Waals surface area contributed by atoms with Gasteiger partial charge in [0.25, 0.3) is 10.0 Å². The van der Waals surface area contributed by atoms with E-state index in [0.717, 1.165) is 16.1 Å². The normalized spacial score (nSPS) is 12.3. The van der Waals surface area contributed by atoms with Gasteiger partial charge in [-0.1, -0.05) is 29.8 Å². The van der Waals surface area contributed by atoms with Gasteiger partial charge in [0, 0.05) is 28.6 Å². The Morgan fingerprint density at radius 1 is 1.03 bits per heavy atom. The van der Waals surface area contributed by atoms with Crippen molar-refractivity contribution in [1.29, 1.82) is 0 Å². The Balaban J connectivity index is 1.81. The van der Waals surface area contributed by atoms with Crippen LogP contribution >= 0.6 is 11.6 Å². The molecule has 1 N–H and O–H groups in total. The number of nitrogens with zero attached hydrogens (tertiary/aromatic N) is 1. The molecular weight excluding hydrogens is 510 g/mol. The van der Waals surface area contributed by atoms with Gasteiger partial charge in [0.15, 0.2) is 0 Å². The number of halogens is 5. The molecule has 0 aliphatic heterocycles. The number of aliphatic carboxylic acids is 1. The second-order valence-electron chi connectivity index (χ2n) is 7.73. The summed E-state index contributed by atoms with van der Waals surface area (Å²) >= 11 is 6.06. The fraction of sp³-hybridized carbons (Fsp3) is 0.125. The number of carboxylic acid groups (broad SMARTS) is 1. The van der Waals surface area contributed by atoms with Gasteiger partial charge < -0.3 is 5.11 Å². The topological polar surface area (TPSA) is 76.4 Å². The highest BCUT2D eigenvalue weighted by Gasteiger charge is 2.31. The van der Waals surface area contributed by atoms with Crippen LogP contribution in [0.2, 0.25) is 5.02 Å². The van der Waals surface area contributed by atoms with Gasteiger partial charge in [0.1, 0.15) is 5.82 Å². The van der Waals surface area contributed by atoms with Crippen molar-refractivity contribution in [2.45, 2.75) is 23.9 Å². The first-order valence-corrected chi connectivity index (χ1v) is 11.9. The van der Waals surface area contributed by atoms with E-state index in [-0.39, 0.29) is 34.4 Å². The smallest absolute Gasteiger partial charge is 0.416 e. The first-order valence-electron chi connectivity index (χ1n) is 10.1. The molecule has 0 bridgehead atoms. The van der Waals surface area contributed by atoms with Crippen LogP contribution in [0, 0.1) is 5.82 Å². The van der Waals surface area contributed by atoms with E-state index in [2.05, 4.69) is 0 Å². The number of alkyl halides is 3. The van der Waals surface area contributed by atoms with E-state index in [1.807, 2.05) is 0 Å². The summed E-state index contributed by atoms with van der Waals surface area (Å²) in [6.07, 6.45) is -3.58. The van der Waals surface area contributed by atoms with Gasteiger partial charge in [0.05, 0.1) is 16.0 Å². The van der Waals surface area contributed by atoms with Crippen molar-refractivity contribution >= 4 is 38.5 Å². The van der Waals surface area contributed by atoms with Crippen molar-refractivity contribution in [3.8, 4) is 11.1 Å². The summed E-state index contributed by atoms with van der Waals surface area (Å²) in [5, 5.41) is 9.83. The van der Waals surface area contributed by atoms with Crippen LogP contribution in [-0.2, 0) is 27.4 Å². The first-order chi connectivity index (χ1) is 16.4. The Bertz CT molecular complexity index is 1560. The molecule has 0 unspecified atom stereocenters. The van der Waals surface area contributed by atoms with E-state index < -0.39 is 33.5 Å². The third-order valence-corrected chi connectivity index (χ3v) is 7.33. The average molecular weight is 526 g/mol. The number of rotatable bonds is 6. The third kappa shape index (κ3) is 4.89. The zero-order valence-electron chi connectivity index (χ0n) is 17.7. The van der Waals surface area contributed by atoms with E-state index in [0.29, 0.717) is 22.0 Å². The van der Waals surface area contributed by atoms with Gasteiger partial charge in [-0.15, -0.1) is 0 Å². The molecule has 0 radical (unpaired) electrons. The minimum Gasteiger partial charge on any atom is -0.481 e. The average Bonchev–Trinajstić information content (AvgIpc) is 3.15. The standard InChI is InChI=1S/C24H16ClF4NO4S/c25-17-6-8-22-20(12-17)15(4-9-23(31)32)13-30(22)35(33,34)18-3-1-2-14(10-18)19-7-5-16(11-21(19)26)24(27,28)29/h1-3,5-8,10-13H,4,9H2,(H,31,32). The van der Waals surface area contributed by atoms with Gasteiger partial charge in [-0.25, -0.2) is 16.8 Å². The fourth-order valence-electron chi connectivity index (χ4n) is 3.74. The minimum atomic E-state index is -4.72. The highest BCUT2D eigenvalue weighted by Crippen LogP contribution is 2.34. The van der Waals surface area contributed by atoms with Gasteiger partial charge in [-0.2, -0.15) is 13.2 Å². The lowest BCUT2D eigenvalue weighted by Crippen LogP contribution is -2.12. The lowest BCUT2D eigenvalue weighted by Gasteiger charge is -2.12. The highest BCUT2D eigenvalue weighted by molar-refractivity contribution is 7.90. The molecule has 0 fully saturated rings. The number of carbonyl (C=O) groups is 1. The molecule has 182 valence electrons. The molecule has 11 heteroatoms. The summed E-state index contributed by atoms with van der Waals surface area (Å²) in [5.41, 5.74) is -0.558. The molecular formula is C24H16ClF4NO4S. The second kappa shape index (κ2) is 9.01. The number of aromatic nitrogens is 1. The van der Waals surface area contributed by atoms with Crippen molar-refractivity contribution in [3.63, 3.8) is 0 Å². The Hall–Kier alpha value is -3.37. The first kappa shape index (κ1) is 24.7. The molecule has 4 rings (SSSR count). The molecule has 0 spiro atoms. The van der Waals surface area contributed by atoms with Gasteiger partial charge >= 0.3 is 12.1 Å². The fourth-order valence-corrected chi connectivity index (χ4v) is 5.35. The van der Waals surface area contributed by atoms with E-state index in [9.17, 15) is 30.8 Å². The third-order valence-electron chi connectivity index (χ3n) is 5.42. The molecule has 0 aliphatic carbocycles. The summed E-state index contributed by atoms with van der Waals surface area (Å²) in [6, 6.07) is 11.7. The second-order valence-corrected chi connectivity index (χ2v) is 9.98. The number of hydrogen-bond donors (Lipinski definition) is 1. The van der Waals surface area contributed by atoms with Crippen LogP contribution < -0.4 is 0 Å². The zero-order chi connectivity index (χ0) is 25.5. The Morgan fingerprint density at radius 3 is 2.43 bits per heavy atom. The van der Waals surface area contributed by atoms with E-state index in [1.165, 1.54) is 48.7 Å². The Labute approximate surface area is 202 Å². The van der Waals surface area contributed by atoms with Crippen molar-refractivity contribution in [3.05, 3.63) is 88.8 Å². The van der Waals surface area contributed by atoms with E-state index in [4.69, 9.17) is 16.7 Å². The molecule has 0 saturated carbocycles. The van der Waals surface area contributed by atoms with Crippen LogP contribution in [0.4, 0.5) is 17.6 Å². The number of aryl methyl sites for hydroxylation is 1. The molecule has 0 aliphatic rings. The molecule has 0 amide bonds. The number of benzene rings is 3. The molecule has 1 heterocycles.